The molecule has 0 saturated heterocycles. The summed E-state index contributed by atoms with van der Waals surface area (Å²) in [7, 11) is 0. The molecule has 0 amide bonds. The van der Waals surface area contributed by atoms with Crippen LogP contribution in [0.25, 0.3) is 99.2 Å². The van der Waals surface area contributed by atoms with Crippen LogP contribution in [0.5, 0.6) is 0 Å². The minimum absolute atomic E-state index is 0.455. The molecule has 5 heteroatoms. The summed E-state index contributed by atoms with van der Waals surface area (Å²) in [4.78, 5) is 0. The Balaban J connectivity index is 1.24. The molecule has 0 unspecified atom stereocenters. The van der Waals surface area contributed by atoms with Crippen LogP contribution in [0.15, 0.2) is 174 Å². The van der Waals surface area contributed by atoms with Gasteiger partial charge in [-0.05, 0) is 82.9 Å². The molecule has 3 heterocycles. The van der Waals surface area contributed by atoms with E-state index >= 15 is 0 Å². The highest BCUT2D eigenvalue weighted by Gasteiger charge is 2.24. The van der Waals surface area contributed by atoms with Crippen LogP contribution in [0, 0.1) is 22.7 Å². The predicted molar refractivity (Wildman–Crippen MR) is 223 cm³/mol. The van der Waals surface area contributed by atoms with Gasteiger partial charge in [0.1, 0.15) is 22.8 Å². The van der Waals surface area contributed by atoms with Crippen molar-refractivity contribution in [3.63, 3.8) is 0 Å². The van der Waals surface area contributed by atoms with Crippen molar-refractivity contribution < 1.29 is 4.42 Å². The first-order valence-electron chi connectivity index (χ1n) is 18.2. The predicted octanol–water partition coefficient (Wildman–Crippen LogP) is 12.9. The molecule has 0 radical (unpaired) electrons. The van der Waals surface area contributed by atoms with Crippen LogP contribution in [0.2, 0.25) is 0 Å². The van der Waals surface area contributed by atoms with Gasteiger partial charge in [0.05, 0.1) is 50.5 Å². The summed E-state index contributed by atoms with van der Waals surface area (Å²) in [6.07, 6.45) is 0. The monoisotopic (exact) mass is 700 g/mol. The lowest BCUT2D eigenvalue weighted by Gasteiger charge is -2.17. The Labute approximate surface area is 315 Å². The molecule has 0 aliphatic heterocycles. The van der Waals surface area contributed by atoms with Gasteiger partial charge in [0.25, 0.3) is 0 Å². The van der Waals surface area contributed by atoms with Gasteiger partial charge in [0, 0.05) is 26.9 Å². The SMILES string of the molecule is N#Cc1cc(-n2c3ccc(-c4ccccc4)cc3c3cc(-c4ccccc4)ccc32)c(C#N)c(-n2c3ccccc3c3c4oc5ccccc5c4ccc32)c1. The summed E-state index contributed by atoms with van der Waals surface area (Å²) < 4.78 is 10.8. The van der Waals surface area contributed by atoms with E-state index in [2.05, 4.69) is 137 Å². The van der Waals surface area contributed by atoms with Crippen molar-refractivity contribution in [2.75, 3.05) is 0 Å². The van der Waals surface area contributed by atoms with Crippen LogP contribution >= 0.6 is 0 Å². The van der Waals surface area contributed by atoms with Gasteiger partial charge in [-0.3, -0.25) is 0 Å². The average Bonchev–Trinajstić information content (AvgIpc) is 3.91. The number of rotatable bonds is 4. The number of para-hydroxylation sites is 2. The number of nitriles is 2. The Morgan fingerprint density at radius 1 is 0.400 bits per heavy atom. The summed E-state index contributed by atoms with van der Waals surface area (Å²) in [5.74, 6) is 0. The smallest absolute Gasteiger partial charge is 0.145 e. The normalized spacial score (nSPS) is 11.6. The zero-order valence-electron chi connectivity index (χ0n) is 29.4. The van der Waals surface area contributed by atoms with E-state index in [1.165, 1.54) is 0 Å². The minimum Gasteiger partial charge on any atom is -0.455 e. The van der Waals surface area contributed by atoms with E-state index in [-0.39, 0.29) is 0 Å². The lowest BCUT2D eigenvalue weighted by Crippen LogP contribution is -2.05. The molecule has 0 spiro atoms. The van der Waals surface area contributed by atoms with Gasteiger partial charge in [-0.2, -0.15) is 10.5 Å². The van der Waals surface area contributed by atoms with Crippen LogP contribution in [-0.4, -0.2) is 9.13 Å². The maximum atomic E-state index is 11.2. The molecule has 55 heavy (non-hydrogen) atoms. The zero-order chi connectivity index (χ0) is 36.6. The molecule has 0 saturated carbocycles. The van der Waals surface area contributed by atoms with E-state index in [0.29, 0.717) is 22.5 Å². The van der Waals surface area contributed by atoms with Gasteiger partial charge in [0.2, 0.25) is 0 Å². The first-order valence-corrected chi connectivity index (χ1v) is 18.2. The number of nitrogens with zero attached hydrogens (tertiary/aromatic N) is 4. The van der Waals surface area contributed by atoms with Gasteiger partial charge in [-0.15, -0.1) is 0 Å². The fourth-order valence-electron chi connectivity index (χ4n) is 8.54. The first-order chi connectivity index (χ1) is 27.2. The molecular weight excluding hydrogens is 673 g/mol. The Kier molecular flexibility index (Phi) is 6.61. The van der Waals surface area contributed by atoms with Gasteiger partial charge in [0.15, 0.2) is 0 Å². The molecule has 0 fully saturated rings. The second-order valence-corrected chi connectivity index (χ2v) is 13.9. The van der Waals surface area contributed by atoms with Crippen molar-refractivity contribution in [1.29, 1.82) is 10.5 Å². The fraction of sp³-hybridized carbons (Fsp3) is 0. The number of hydrogen-bond donors (Lipinski definition) is 0. The van der Waals surface area contributed by atoms with Gasteiger partial charge >= 0.3 is 0 Å². The second kappa shape index (κ2) is 11.8. The fourth-order valence-corrected chi connectivity index (χ4v) is 8.54. The van der Waals surface area contributed by atoms with Crippen LogP contribution in [0.4, 0.5) is 0 Å². The van der Waals surface area contributed by atoms with Crippen molar-refractivity contribution >= 4 is 65.6 Å². The summed E-state index contributed by atoms with van der Waals surface area (Å²) in [6.45, 7) is 0. The topological polar surface area (TPSA) is 70.6 Å². The summed E-state index contributed by atoms with van der Waals surface area (Å²) in [6, 6.07) is 63.0. The van der Waals surface area contributed by atoms with Crippen LogP contribution in [0.3, 0.4) is 0 Å². The van der Waals surface area contributed by atoms with E-state index in [1.807, 2.05) is 54.6 Å². The van der Waals surface area contributed by atoms with Crippen molar-refractivity contribution in [1.82, 2.24) is 9.13 Å². The number of benzene rings is 8. The van der Waals surface area contributed by atoms with Crippen molar-refractivity contribution in [2.24, 2.45) is 0 Å². The molecule has 0 N–H and O–H groups in total. The molecule has 3 aromatic heterocycles. The van der Waals surface area contributed by atoms with E-state index in [4.69, 9.17) is 4.42 Å². The highest BCUT2D eigenvalue weighted by atomic mass is 16.3. The van der Waals surface area contributed by atoms with Crippen molar-refractivity contribution in [2.45, 2.75) is 0 Å². The summed E-state index contributed by atoms with van der Waals surface area (Å²) in [5, 5.41) is 28.0. The molecule has 11 rings (SSSR count). The summed E-state index contributed by atoms with van der Waals surface area (Å²) >= 11 is 0. The third-order valence-corrected chi connectivity index (χ3v) is 11.0. The number of aromatic nitrogens is 2. The van der Waals surface area contributed by atoms with Crippen LogP contribution in [0.1, 0.15) is 11.1 Å². The average molecular weight is 701 g/mol. The van der Waals surface area contributed by atoms with E-state index in [0.717, 1.165) is 87.8 Å². The van der Waals surface area contributed by atoms with E-state index in [9.17, 15) is 10.5 Å². The standard InChI is InChI=1S/C50H28N4O/c51-29-31-25-46(53-43-22-19-34(32-11-3-1-4-12-32)27-39(43)40-28-35(20-23-44(40)53)33-13-5-2-6-14-33)41(30-52)47(26-31)54-42-17-9-7-16-38(42)49-45(54)24-21-37-36-15-8-10-18-48(36)55-50(37)49/h1-28H. The summed E-state index contributed by atoms with van der Waals surface area (Å²) in [5.41, 5.74) is 12.0. The largest absolute Gasteiger partial charge is 0.455 e. The minimum atomic E-state index is 0.455. The Bertz CT molecular complexity index is 3350. The molecular formula is C50H28N4O. The Hall–Kier alpha value is -7.86. The first kappa shape index (κ1) is 30.7. The highest BCUT2D eigenvalue weighted by Crippen LogP contribution is 2.43. The Morgan fingerprint density at radius 3 is 1.55 bits per heavy atom. The molecule has 5 nitrogen and oxygen atoms in total. The van der Waals surface area contributed by atoms with Gasteiger partial charge in [-0.25, -0.2) is 0 Å². The molecule has 254 valence electrons. The second-order valence-electron chi connectivity index (χ2n) is 13.9. The van der Waals surface area contributed by atoms with Crippen LogP contribution in [-0.2, 0) is 0 Å². The van der Waals surface area contributed by atoms with Crippen molar-refractivity contribution in [3.8, 4) is 45.8 Å². The Morgan fingerprint density at radius 2 is 0.927 bits per heavy atom. The number of fused-ring (bicyclic) bond motifs is 10. The van der Waals surface area contributed by atoms with E-state index in [1.54, 1.807) is 0 Å². The molecule has 11 aromatic rings. The van der Waals surface area contributed by atoms with Gasteiger partial charge in [-0.1, -0.05) is 109 Å². The molecule has 8 aromatic carbocycles. The third-order valence-electron chi connectivity index (χ3n) is 11.0. The maximum Gasteiger partial charge on any atom is 0.145 e. The van der Waals surface area contributed by atoms with Crippen molar-refractivity contribution in [3.05, 3.63) is 181 Å². The van der Waals surface area contributed by atoms with Crippen LogP contribution < -0.4 is 0 Å². The molecule has 0 aliphatic rings. The maximum absolute atomic E-state index is 11.2. The quantitative estimate of drug-likeness (QED) is 0.183. The third kappa shape index (κ3) is 4.51. The number of furan rings is 1. The lowest BCUT2D eigenvalue weighted by molar-refractivity contribution is 0.673. The number of hydrogen-bond acceptors (Lipinski definition) is 3. The molecule has 0 aliphatic carbocycles. The van der Waals surface area contributed by atoms with Gasteiger partial charge < -0.3 is 13.6 Å². The highest BCUT2D eigenvalue weighted by molar-refractivity contribution is 6.24. The van der Waals surface area contributed by atoms with E-state index < -0.39 is 0 Å². The molecule has 0 bridgehead atoms. The zero-order valence-corrected chi connectivity index (χ0v) is 29.4. The molecule has 0 atom stereocenters. The lowest BCUT2D eigenvalue weighted by atomic mass is 10.0.